The molecule has 0 spiro atoms. The van der Waals surface area contributed by atoms with Gasteiger partial charge in [-0.25, -0.2) is 0 Å². The highest BCUT2D eigenvalue weighted by atomic mass is 16.2. The van der Waals surface area contributed by atoms with E-state index in [0.29, 0.717) is 12.3 Å². The fraction of sp³-hybridized carbons (Fsp3) is 0.609. The van der Waals surface area contributed by atoms with Crippen molar-refractivity contribution in [2.45, 2.75) is 85.1 Å². The average molecular weight is 344 g/mol. The molecule has 0 bridgehead atoms. The second kappa shape index (κ2) is 12.7. The third-order valence-corrected chi connectivity index (χ3v) is 4.57. The Morgan fingerprint density at radius 2 is 1.60 bits per heavy atom. The standard InChI is InChI=1S/C23H37NO/c1-5-6-7-8-9-10-14-17-23(25)24(20(2)3)19-21(4)18-22-15-12-11-13-16-22/h11-13,15-16,18,20H,5-10,14,17,19H2,1-4H3/b21-18+. The molecule has 0 radical (unpaired) electrons. The Morgan fingerprint density at radius 3 is 2.20 bits per heavy atom. The van der Waals surface area contributed by atoms with Gasteiger partial charge in [0.25, 0.3) is 0 Å². The van der Waals surface area contributed by atoms with E-state index in [1.807, 2.05) is 23.1 Å². The van der Waals surface area contributed by atoms with Crippen LogP contribution in [0.3, 0.4) is 0 Å². The lowest BCUT2D eigenvalue weighted by Gasteiger charge is -2.27. The van der Waals surface area contributed by atoms with Crippen LogP contribution >= 0.6 is 0 Å². The van der Waals surface area contributed by atoms with Crippen LogP contribution in [-0.4, -0.2) is 23.4 Å². The van der Waals surface area contributed by atoms with Crippen molar-refractivity contribution < 1.29 is 4.79 Å². The summed E-state index contributed by atoms with van der Waals surface area (Å²) in [5.41, 5.74) is 2.43. The summed E-state index contributed by atoms with van der Waals surface area (Å²) < 4.78 is 0. The largest absolute Gasteiger partial charge is 0.336 e. The third kappa shape index (κ3) is 9.48. The molecule has 0 aliphatic carbocycles. The molecule has 0 aliphatic heterocycles. The summed E-state index contributed by atoms with van der Waals surface area (Å²) in [5.74, 6) is 0.296. The summed E-state index contributed by atoms with van der Waals surface area (Å²) in [7, 11) is 0. The van der Waals surface area contributed by atoms with Gasteiger partial charge in [0.2, 0.25) is 5.91 Å². The summed E-state index contributed by atoms with van der Waals surface area (Å²) in [5, 5.41) is 0. The van der Waals surface area contributed by atoms with Crippen LogP contribution in [0.4, 0.5) is 0 Å². The quantitative estimate of drug-likeness (QED) is 0.398. The van der Waals surface area contributed by atoms with Crippen LogP contribution in [0.25, 0.3) is 6.08 Å². The van der Waals surface area contributed by atoms with Gasteiger partial charge in [0.05, 0.1) is 0 Å². The summed E-state index contributed by atoms with van der Waals surface area (Å²) in [6, 6.07) is 10.6. The number of hydrogen-bond acceptors (Lipinski definition) is 1. The molecular formula is C23H37NO. The molecule has 2 heteroatoms. The van der Waals surface area contributed by atoms with Crippen molar-refractivity contribution in [3.05, 3.63) is 41.5 Å². The maximum absolute atomic E-state index is 12.6. The molecule has 0 saturated heterocycles. The van der Waals surface area contributed by atoms with E-state index < -0.39 is 0 Å². The van der Waals surface area contributed by atoms with Gasteiger partial charge in [-0.05, 0) is 32.8 Å². The lowest BCUT2D eigenvalue weighted by atomic mass is 10.1. The van der Waals surface area contributed by atoms with E-state index in [2.05, 4.69) is 45.9 Å². The Labute approximate surface area is 155 Å². The van der Waals surface area contributed by atoms with Gasteiger partial charge in [0.15, 0.2) is 0 Å². The number of nitrogens with zero attached hydrogens (tertiary/aromatic N) is 1. The summed E-state index contributed by atoms with van der Waals surface area (Å²) in [4.78, 5) is 14.6. The van der Waals surface area contributed by atoms with Crippen molar-refractivity contribution in [1.82, 2.24) is 4.90 Å². The van der Waals surface area contributed by atoms with Crippen molar-refractivity contribution in [2.75, 3.05) is 6.54 Å². The minimum absolute atomic E-state index is 0.246. The Bertz CT molecular complexity index is 504. The van der Waals surface area contributed by atoms with Crippen molar-refractivity contribution in [3.63, 3.8) is 0 Å². The fourth-order valence-corrected chi connectivity index (χ4v) is 3.08. The zero-order valence-corrected chi connectivity index (χ0v) is 16.8. The Hall–Kier alpha value is -1.57. The molecule has 1 aromatic rings. The van der Waals surface area contributed by atoms with Crippen LogP contribution in [0.2, 0.25) is 0 Å². The summed E-state index contributed by atoms with van der Waals surface area (Å²) in [6.07, 6.45) is 11.6. The minimum atomic E-state index is 0.246. The first-order valence-corrected chi connectivity index (χ1v) is 10.1. The van der Waals surface area contributed by atoms with Crippen LogP contribution in [0, 0.1) is 0 Å². The number of carbonyl (C=O) groups excluding carboxylic acids is 1. The van der Waals surface area contributed by atoms with Gasteiger partial charge in [0.1, 0.15) is 0 Å². The highest BCUT2D eigenvalue weighted by molar-refractivity contribution is 5.77. The van der Waals surface area contributed by atoms with Gasteiger partial charge in [-0.3, -0.25) is 4.79 Å². The molecular weight excluding hydrogens is 306 g/mol. The number of hydrogen-bond donors (Lipinski definition) is 0. The normalized spacial score (nSPS) is 11.8. The van der Waals surface area contributed by atoms with Gasteiger partial charge >= 0.3 is 0 Å². The Balaban J connectivity index is 2.42. The predicted octanol–water partition coefficient (Wildman–Crippen LogP) is 6.47. The first-order chi connectivity index (χ1) is 12.0. The number of carbonyl (C=O) groups is 1. The van der Waals surface area contributed by atoms with Crippen molar-refractivity contribution in [1.29, 1.82) is 0 Å². The van der Waals surface area contributed by atoms with E-state index >= 15 is 0 Å². The number of unbranched alkanes of at least 4 members (excludes halogenated alkanes) is 6. The number of rotatable bonds is 12. The molecule has 0 aromatic heterocycles. The van der Waals surface area contributed by atoms with Crippen LogP contribution in [0.5, 0.6) is 0 Å². The van der Waals surface area contributed by atoms with Gasteiger partial charge < -0.3 is 4.90 Å². The Kier molecular flexibility index (Phi) is 10.9. The van der Waals surface area contributed by atoms with Crippen LogP contribution in [-0.2, 0) is 4.79 Å². The van der Waals surface area contributed by atoms with Gasteiger partial charge in [-0.15, -0.1) is 0 Å². The van der Waals surface area contributed by atoms with Crippen molar-refractivity contribution in [2.24, 2.45) is 0 Å². The molecule has 0 N–H and O–H groups in total. The molecule has 0 heterocycles. The highest BCUT2D eigenvalue weighted by Gasteiger charge is 2.16. The molecule has 1 rings (SSSR count). The molecule has 140 valence electrons. The topological polar surface area (TPSA) is 20.3 Å². The van der Waals surface area contributed by atoms with Crippen molar-refractivity contribution in [3.8, 4) is 0 Å². The fourth-order valence-electron chi connectivity index (χ4n) is 3.08. The highest BCUT2D eigenvalue weighted by Crippen LogP contribution is 2.14. The predicted molar refractivity (Wildman–Crippen MR) is 110 cm³/mol. The van der Waals surface area contributed by atoms with E-state index in [0.717, 1.165) is 13.0 Å². The zero-order chi connectivity index (χ0) is 18.5. The van der Waals surface area contributed by atoms with Crippen LogP contribution in [0.1, 0.15) is 84.6 Å². The molecule has 2 nitrogen and oxygen atoms in total. The maximum Gasteiger partial charge on any atom is 0.223 e. The third-order valence-electron chi connectivity index (χ3n) is 4.57. The molecule has 0 aliphatic rings. The van der Waals surface area contributed by atoms with E-state index in [4.69, 9.17) is 0 Å². The molecule has 1 aromatic carbocycles. The smallest absolute Gasteiger partial charge is 0.223 e. The lowest BCUT2D eigenvalue weighted by molar-refractivity contribution is -0.132. The molecule has 0 atom stereocenters. The first-order valence-electron chi connectivity index (χ1n) is 10.1. The zero-order valence-electron chi connectivity index (χ0n) is 16.8. The molecule has 1 amide bonds. The van der Waals surface area contributed by atoms with Crippen LogP contribution < -0.4 is 0 Å². The maximum atomic E-state index is 12.6. The summed E-state index contributed by atoms with van der Waals surface area (Å²) in [6.45, 7) is 9.30. The lowest BCUT2D eigenvalue weighted by Crippen LogP contribution is -2.38. The molecule has 0 fully saturated rings. The van der Waals surface area contributed by atoms with Crippen LogP contribution in [0.15, 0.2) is 35.9 Å². The van der Waals surface area contributed by atoms with Gasteiger partial charge in [-0.2, -0.15) is 0 Å². The minimum Gasteiger partial charge on any atom is -0.336 e. The number of amides is 1. The SMILES string of the molecule is CCCCCCCCCC(=O)N(C/C(C)=C/c1ccccc1)C(C)C. The molecule has 25 heavy (non-hydrogen) atoms. The first kappa shape index (κ1) is 21.5. The molecule has 0 unspecified atom stereocenters. The number of benzene rings is 1. The van der Waals surface area contributed by atoms with E-state index in [1.165, 1.54) is 49.7 Å². The van der Waals surface area contributed by atoms with E-state index in [9.17, 15) is 4.79 Å². The average Bonchev–Trinajstić information content (AvgIpc) is 2.59. The van der Waals surface area contributed by atoms with Crippen molar-refractivity contribution >= 4 is 12.0 Å². The van der Waals surface area contributed by atoms with Gasteiger partial charge in [0, 0.05) is 19.0 Å². The van der Waals surface area contributed by atoms with Gasteiger partial charge in [-0.1, -0.05) is 87.4 Å². The van der Waals surface area contributed by atoms with E-state index in [-0.39, 0.29) is 6.04 Å². The second-order valence-corrected chi connectivity index (χ2v) is 7.39. The molecule has 0 saturated carbocycles. The Morgan fingerprint density at radius 1 is 1.00 bits per heavy atom. The van der Waals surface area contributed by atoms with E-state index in [1.54, 1.807) is 0 Å². The monoisotopic (exact) mass is 343 g/mol. The summed E-state index contributed by atoms with van der Waals surface area (Å²) >= 11 is 0. The second-order valence-electron chi connectivity index (χ2n) is 7.39.